The molecule has 0 atom stereocenters. The fourth-order valence-electron chi connectivity index (χ4n) is 3.49. The van der Waals surface area contributed by atoms with Gasteiger partial charge in [0.25, 0.3) is 11.6 Å². The van der Waals surface area contributed by atoms with Crippen LogP contribution >= 0.6 is 11.8 Å². The molecule has 7 nitrogen and oxygen atoms in total. The SMILES string of the molecule is O=C1N=C(N2CC[NH+](Cc3ccccc3)CC2)S/C1=C/c1cccc([N+](=O)[O-])c1. The predicted molar refractivity (Wildman–Crippen MR) is 114 cm³/mol. The van der Waals surface area contributed by atoms with Gasteiger partial charge in [-0.1, -0.05) is 42.5 Å². The lowest BCUT2D eigenvalue weighted by molar-refractivity contribution is -0.917. The van der Waals surface area contributed by atoms with Crippen LogP contribution in [0.5, 0.6) is 0 Å². The Hall–Kier alpha value is -2.97. The molecule has 2 aliphatic rings. The number of nitro benzene ring substituents is 1. The molecule has 1 saturated heterocycles. The van der Waals surface area contributed by atoms with Crippen molar-refractivity contribution in [3.8, 4) is 0 Å². The summed E-state index contributed by atoms with van der Waals surface area (Å²) in [6.07, 6.45) is 1.67. The Morgan fingerprint density at radius 2 is 1.90 bits per heavy atom. The number of nitro groups is 1. The third kappa shape index (κ3) is 4.72. The first kappa shape index (κ1) is 19.4. The van der Waals surface area contributed by atoms with E-state index >= 15 is 0 Å². The molecular formula is C21H21N4O3S+. The largest absolute Gasteiger partial charge is 0.339 e. The lowest BCUT2D eigenvalue weighted by atomic mass is 10.2. The van der Waals surface area contributed by atoms with Crippen LogP contribution in [-0.4, -0.2) is 47.1 Å². The monoisotopic (exact) mass is 409 g/mol. The summed E-state index contributed by atoms with van der Waals surface area (Å²) in [6, 6.07) is 16.7. The highest BCUT2D eigenvalue weighted by molar-refractivity contribution is 8.18. The molecule has 1 amide bonds. The van der Waals surface area contributed by atoms with Crippen LogP contribution in [0.2, 0.25) is 0 Å². The molecule has 2 aliphatic heterocycles. The molecule has 1 N–H and O–H groups in total. The molecule has 2 aromatic carbocycles. The van der Waals surface area contributed by atoms with Gasteiger partial charge in [0, 0.05) is 17.7 Å². The molecule has 2 heterocycles. The molecule has 0 aromatic heterocycles. The van der Waals surface area contributed by atoms with E-state index in [1.165, 1.54) is 34.4 Å². The van der Waals surface area contributed by atoms with Crippen molar-refractivity contribution >= 4 is 34.6 Å². The Morgan fingerprint density at radius 3 is 2.62 bits per heavy atom. The van der Waals surface area contributed by atoms with E-state index in [0.717, 1.165) is 37.9 Å². The van der Waals surface area contributed by atoms with Crippen LogP contribution in [0, 0.1) is 10.1 Å². The van der Waals surface area contributed by atoms with Gasteiger partial charge >= 0.3 is 0 Å². The number of aliphatic imine (C=N–C) groups is 1. The number of carbonyl (C=O) groups is 1. The molecule has 0 radical (unpaired) electrons. The first-order valence-corrected chi connectivity index (χ1v) is 10.3. The topological polar surface area (TPSA) is 80.2 Å². The van der Waals surface area contributed by atoms with Crippen molar-refractivity contribution in [2.75, 3.05) is 26.2 Å². The zero-order valence-corrected chi connectivity index (χ0v) is 16.6. The molecule has 4 rings (SSSR count). The number of benzene rings is 2. The zero-order valence-electron chi connectivity index (χ0n) is 15.8. The summed E-state index contributed by atoms with van der Waals surface area (Å²) in [5, 5.41) is 11.7. The van der Waals surface area contributed by atoms with Crippen LogP contribution in [0.25, 0.3) is 6.08 Å². The fraction of sp³-hybridized carbons (Fsp3) is 0.238. The number of rotatable bonds is 4. The maximum absolute atomic E-state index is 12.3. The third-order valence-electron chi connectivity index (χ3n) is 5.03. The summed E-state index contributed by atoms with van der Waals surface area (Å²) in [7, 11) is 0. The average molecular weight is 409 g/mol. The average Bonchev–Trinajstić information content (AvgIpc) is 3.10. The normalized spacial score (nSPS) is 18.9. The van der Waals surface area contributed by atoms with Gasteiger partial charge in [0.15, 0.2) is 5.17 Å². The molecule has 8 heteroatoms. The lowest BCUT2D eigenvalue weighted by Gasteiger charge is -2.32. The quantitative estimate of drug-likeness (QED) is 0.474. The second-order valence-corrected chi connectivity index (χ2v) is 8.07. The lowest BCUT2D eigenvalue weighted by Crippen LogP contribution is -3.13. The highest BCUT2D eigenvalue weighted by Gasteiger charge is 2.29. The van der Waals surface area contributed by atoms with Crippen LogP contribution in [0.15, 0.2) is 64.5 Å². The summed E-state index contributed by atoms with van der Waals surface area (Å²) < 4.78 is 0. The van der Waals surface area contributed by atoms with E-state index in [1.54, 1.807) is 18.2 Å². The van der Waals surface area contributed by atoms with Gasteiger partial charge in [-0.05, 0) is 23.4 Å². The predicted octanol–water partition coefficient (Wildman–Crippen LogP) is 1.97. The van der Waals surface area contributed by atoms with Gasteiger partial charge in [0.05, 0.1) is 36.0 Å². The number of amides is 1. The number of hydrogen-bond donors (Lipinski definition) is 1. The summed E-state index contributed by atoms with van der Waals surface area (Å²) in [6.45, 7) is 4.70. The highest BCUT2D eigenvalue weighted by Crippen LogP contribution is 2.30. The van der Waals surface area contributed by atoms with Crippen molar-refractivity contribution in [2.45, 2.75) is 6.54 Å². The Balaban J connectivity index is 1.36. The highest BCUT2D eigenvalue weighted by atomic mass is 32.2. The van der Waals surface area contributed by atoms with Gasteiger partial charge < -0.3 is 9.80 Å². The van der Waals surface area contributed by atoms with Crippen molar-refractivity contribution in [2.24, 2.45) is 4.99 Å². The third-order valence-corrected chi connectivity index (χ3v) is 6.07. The first-order chi connectivity index (χ1) is 14.1. The van der Waals surface area contributed by atoms with Gasteiger partial charge in [-0.2, -0.15) is 4.99 Å². The molecule has 0 bridgehead atoms. The number of nitrogens with zero attached hydrogens (tertiary/aromatic N) is 3. The van der Waals surface area contributed by atoms with Gasteiger partial charge in [0.1, 0.15) is 6.54 Å². The van der Waals surface area contributed by atoms with Gasteiger partial charge in [-0.3, -0.25) is 14.9 Å². The van der Waals surface area contributed by atoms with Crippen molar-refractivity contribution in [3.05, 3.63) is 80.7 Å². The van der Waals surface area contributed by atoms with E-state index in [1.807, 2.05) is 6.07 Å². The van der Waals surface area contributed by atoms with Crippen LogP contribution in [-0.2, 0) is 11.3 Å². The number of nitrogens with one attached hydrogen (secondary N) is 1. The van der Waals surface area contributed by atoms with E-state index in [4.69, 9.17) is 0 Å². The standard InChI is InChI=1S/C21H20N4O3S/c26-20-19(14-17-7-4-8-18(13-17)25(27)28)29-21(22-20)24-11-9-23(10-12-24)15-16-5-2-1-3-6-16/h1-8,13-14H,9-12,15H2/p+1/b19-14+. The van der Waals surface area contributed by atoms with E-state index in [0.29, 0.717) is 10.5 Å². The molecule has 1 fully saturated rings. The number of thioether (sulfide) groups is 1. The summed E-state index contributed by atoms with van der Waals surface area (Å²) >= 11 is 1.35. The Morgan fingerprint density at radius 1 is 1.14 bits per heavy atom. The maximum Gasteiger partial charge on any atom is 0.286 e. The Labute approximate surface area is 172 Å². The van der Waals surface area contributed by atoms with Crippen LogP contribution < -0.4 is 4.90 Å². The minimum absolute atomic E-state index is 0.00782. The summed E-state index contributed by atoms with van der Waals surface area (Å²) in [5.41, 5.74) is 1.97. The summed E-state index contributed by atoms with van der Waals surface area (Å²) in [5.74, 6) is -0.282. The minimum atomic E-state index is -0.440. The number of carbonyl (C=O) groups excluding carboxylic acids is 1. The Kier molecular flexibility index (Phi) is 5.73. The number of non-ortho nitro benzene ring substituents is 1. The number of piperazine rings is 1. The van der Waals surface area contributed by atoms with E-state index in [-0.39, 0.29) is 11.6 Å². The zero-order chi connectivity index (χ0) is 20.2. The molecule has 0 spiro atoms. The molecule has 29 heavy (non-hydrogen) atoms. The second-order valence-electron chi connectivity index (χ2n) is 7.06. The Bertz CT molecular complexity index is 982. The van der Waals surface area contributed by atoms with Crippen LogP contribution in [0.1, 0.15) is 11.1 Å². The van der Waals surface area contributed by atoms with E-state index in [9.17, 15) is 14.9 Å². The van der Waals surface area contributed by atoms with Crippen molar-refractivity contribution in [1.82, 2.24) is 4.90 Å². The molecular weight excluding hydrogens is 388 g/mol. The van der Waals surface area contributed by atoms with Crippen molar-refractivity contribution in [1.29, 1.82) is 0 Å². The second kappa shape index (κ2) is 8.59. The van der Waals surface area contributed by atoms with E-state index < -0.39 is 4.92 Å². The molecule has 0 unspecified atom stereocenters. The molecule has 2 aromatic rings. The summed E-state index contributed by atoms with van der Waals surface area (Å²) in [4.78, 5) is 31.2. The van der Waals surface area contributed by atoms with Crippen LogP contribution in [0.3, 0.4) is 0 Å². The van der Waals surface area contributed by atoms with Gasteiger partial charge in [-0.15, -0.1) is 0 Å². The smallest absolute Gasteiger partial charge is 0.286 e. The fourth-order valence-corrected chi connectivity index (χ4v) is 4.45. The van der Waals surface area contributed by atoms with Gasteiger partial charge in [-0.25, -0.2) is 0 Å². The number of hydrogen-bond acceptors (Lipinski definition) is 5. The van der Waals surface area contributed by atoms with Gasteiger partial charge in [0.2, 0.25) is 0 Å². The van der Waals surface area contributed by atoms with Crippen molar-refractivity contribution in [3.63, 3.8) is 0 Å². The molecule has 0 saturated carbocycles. The minimum Gasteiger partial charge on any atom is -0.339 e. The molecule has 148 valence electrons. The molecule has 0 aliphatic carbocycles. The maximum atomic E-state index is 12.3. The number of quaternary nitrogens is 1. The van der Waals surface area contributed by atoms with Crippen molar-refractivity contribution < 1.29 is 14.6 Å². The number of amidine groups is 1. The van der Waals surface area contributed by atoms with E-state index in [2.05, 4.69) is 34.2 Å². The van der Waals surface area contributed by atoms with Crippen LogP contribution in [0.4, 0.5) is 5.69 Å². The first-order valence-electron chi connectivity index (χ1n) is 9.48.